The van der Waals surface area contributed by atoms with Crippen molar-refractivity contribution in [3.8, 4) is 0 Å². The van der Waals surface area contributed by atoms with Crippen LogP contribution in [-0.2, 0) is 9.59 Å². The van der Waals surface area contributed by atoms with Crippen LogP contribution in [0, 0.1) is 40.4 Å². The van der Waals surface area contributed by atoms with Gasteiger partial charge in [0.05, 0.1) is 0 Å². The Morgan fingerprint density at radius 3 is 2.74 bits per heavy atom. The van der Waals surface area contributed by atoms with Gasteiger partial charge < -0.3 is 9.90 Å². The number of hydrogen-bond donors (Lipinski definition) is 1. The number of fused-ring (bicyclic) bond motifs is 3. The smallest absolute Gasteiger partial charge is 0.303 e. The first-order valence-electron chi connectivity index (χ1n) is 9.65. The van der Waals surface area contributed by atoms with Crippen molar-refractivity contribution in [3.05, 3.63) is 0 Å². The van der Waals surface area contributed by atoms with Crippen molar-refractivity contribution in [2.75, 3.05) is 0 Å². The highest BCUT2D eigenvalue weighted by Gasteiger charge is 2.62. The minimum atomic E-state index is -0.620. The Labute approximate surface area is 139 Å². The number of aliphatic carboxylic acids is 1. The SMILES string of the molecule is C[C@@]12CCC[C@H](CC(=O)O)[C@H]1CCC13CC(C=O)C(CC[C@H]12)C3. The maximum Gasteiger partial charge on any atom is 0.303 e. The van der Waals surface area contributed by atoms with Crippen molar-refractivity contribution < 1.29 is 14.7 Å². The molecule has 0 aliphatic heterocycles. The molecule has 1 N–H and O–H groups in total. The highest BCUT2D eigenvalue weighted by atomic mass is 16.4. The fraction of sp³-hybridized carbons (Fsp3) is 0.900. The second-order valence-electron chi connectivity index (χ2n) is 9.36. The predicted molar refractivity (Wildman–Crippen MR) is 87.9 cm³/mol. The molecule has 1 spiro atoms. The maximum atomic E-state index is 11.5. The van der Waals surface area contributed by atoms with E-state index in [9.17, 15) is 14.7 Å². The van der Waals surface area contributed by atoms with Crippen molar-refractivity contribution in [2.45, 2.75) is 71.1 Å². The van der Waals surface area contributed by atoms with Gasteiger partial charge in [0, 0.05) is 12.3 Å². The highest BCUT2D eigenvalue weighted by Crippen LogP contribution is 2.70. The fourth-order valence-corrected chi connectivity index (χ4v) is 7.83. The molecule has 3 heteroatoms. The molecule has 0 aromatic rings. The molecule has 7 atom stereocenters. The highest BCUT2D eigenvalue weighted by molar-refractivity contribution is 5.67. The normalized spacial score (nSPS) is 51.6. The molecule has 0 amide bonds. The van der Waals surface area contributed by atoms with E-state index in [-0.39, 0.29) is 0 Å². The van der Waals surface area contributed by atoms with Crippen LogP contribution < -0.4 is 0 Å². The third-order valence-electron chi connectivity index (χ3n) is 8.55. The molecule has 0 saturated heterocycles. The Morgan fingerprint density at radius 1 is 1.17 bits per heavy atom. The number of hydrogen-bond acceptors (Lipinski definition) is 2. The first-order valence-corrected chi connectivity index (χ1v) is 9.65. The number of carboxylic acid groups (broad SMARTS) is 1. The van der Waals surface area contributed by atoms with Crippen LogP contribution in [0.1, 0.15) is 71.1 Å². The van der Waals surface area contributed by atoms with Gasteiger partial charge in [-0.05, 0) is 85.9 Å². The first-order chi connectivity index (χ1) is 11.0. The van der Waals surface area contributed by atoms with Crippen LogP contribution >= 0.6 is 0 Å². The summed E-state index contributed by atoms with van der Waals surface area (Å²) in [4.78, 5) is 22.8. The van der Waals surface area contributed by atoms with Crippen LogP contribution in [0.4, 0.5) is 0 Å². The van der Waals surface area contributed by atoms with E-state index in [1.54, 1.807) is 0 Å². The van der Waals surface area contributed by atoms with Crippen LogP contribution in [0.15, 0.2) is 0 Å². The van der Waals surface area contributed by atoms with Gasteiger partial charge in [-0.2, -0.15) is 0 Å². The van der Waals surface area contributed by atoms with E-state index in [1.165, 1.54) is 51.2 Å². The lowest BCUT2D eigenvalue weighted by Gasteiger charge is -2.61. The van der Waals surface area contributed by atoms with Gasteiger partial charge in [-0.3, -0.25) is 4.79 Å². The zero-order valence-electron chi connectivity index (χ0n) is 14.3. The summed E-state index contributed by atoms with van der Waals surface area (Å²) in [6.45, 7) is 2.48. The Kier molecular flexibility index (Phi) is 3.62. The second-order valence-corrected chi connectivity index (χ2v) is 9.36. The van der Waals surface area contributed by atoms with Crippen molar-refractivity contribution in [1.29, 1.82) is 0 Å². The van der Waals surface area contributed by atoms with E-state index >= 15 is 0 Å². The van der Waals surface area contributed by atoms with Crippen LogP contribution in [0.3, 0.4) is 0 Å². The molecule has 0 radical (unpaired) electrons. The number of rotatable bonds is 3. The van der Waals surface area contributed by atoms with E-state index in [4.69, 9.17) is 0 Å². The molecule has 23 heavy (non-hydrogen) atoms. The summed E-state index contributed by atoms with van der Waals surface area (Å²) < 4.78 is 0. The summed E-state index contributed by atoms with van der Waals surface area (Å²) in [7, 11) is 0. The summed E-state index contributed by atoms with van der Waals surface area (Å²) in [5.41, 5.74) is 0.726. The quantitative estimate of drug-likeness (QED) is 0.789. The zero-order chi connectivity index (χ0) is 16.2. The predicted octanol–water partition coefficient (Wildman–Crippen LogP) is 4.30. The summed E-state index contributed by atoms with van der Waals surface area (Å²) >= 11 is 0. The molecule has 0 aromatic heterocycles. The number of aldehydes is 1. The average Bonchev–Trinajstić information content (AvgIpc) is 2.77. The third kappa shape index (κ3) is 2.21. The van der Waals surface area contributed by atoms with E-state index in [2.05, 4.69) is 6.92 Å². The van der Waals surface area contributed by atoms with Crippen LogP contribution in [0.25, 0.3) is 0 Å². The third-order valence-corrected chi connectivity index (χ3v) is 8.55. The van der Waals surface area contributed by atoms with E-state index in [0.29, 0.717) is 40.9 Å². The van der Waals surface area contributed by atoms with E-state index < -0.39 is 5.97 Å². The molecule has 4 aliphatic carbocycles. The number of carbonyl (C=O) groups is 2. The summed E-state index contributed by atoms with van der Waals surface area (Å²) in [5, 5.41) is 9.30. The van der Waals surface area contributed by atoms with Crippen molar-refractivity contribution in [2.24, 2.45) is 40.4 Å². The lowest BCUT2D eigenvalue weighted by molar-refractivity contribution is -0.146. The van der Waals surface area contributed by atoms with Gasteiger partial charge in [-0.1, -0.05) is 13.3 Å². The fourth-order valence-electron chi connectivity index (χ4n) is 7.83. The lowest BCUT2D eigenvalue weighted by atomic mass is 9.43. The number of carbonyl (C=O) groups excluding carboxylic acids is 1. The molecular formula is C20H30O3. The molecule has 2 bridgehead atoms. The van der Waals surface area contributed by atoms with Crippen LogP contribution in [-0.4, -0.2) is 17.4 Å². The standard InChI is InChI=1S/C20H30O3/c1-19-7-2-3-13(9-18(22)23)16(19)6-8-20-10-14(4-5-17(19)20)15(11-20)12-21/h12-17H,2-11H2,1H3,(H,22,23)/t13-,14?,15?,16-,17+,19-,20?/m1/s1. The Morgan fingerprint density at radius 2 is 2.00 bits per heavy atom. The molecule has 4 saturated carbocycles. The van der Waals surface area contributed by atoms with E-state index in [1.807, 2.05) is 0 Å². The first kappa shape index (κ1) is 15.7. The van der Waals surface area contributed by atoms with Gasteiger partial charge in [-0.25, -0.2) is 0 Å². The van der Waals surface area contributed by atoms with Crippen LogP contribution in [0.2, 0.25) is 0 Å². The Balaban J connectivity index is 1.64. The van der Waals surface area contributed by atoms with Gasteiger partial charge >= 0.3 is 5.97 Å². The van der Waals surface area contributed by atoms with Gasteiger partial charge in [0.2, 0.25) is 0 Å². The zero-order valence-corrected chi connectivity index (χ0v) is 14.3. The molecule has 3 nitrogen and oxygen atoms in total. The van der Waals surface area contributed by atoms with Gasteiger partial charge in [0.15, 0.2) is 0 Å². The molecule has 3 unspecified atom stereocenters. The van der Waals surface area contributed by atoms with Crippen LogP contribution in [0.5, 0.6) is 0 Å². The monoisotopic (exact) mass is 318 g/mol. The molecular weight excluding hydrogens is 288 g/mol. The second kappa shape index (κ2) is 5.32. The van der Waals surface area contributed by atoms with Crippen molar-refractivity contribution in [3.63, 3.8) is 0 Å². The largest absolute Gasteiger partial charge is 0.481 e. The molecule has 4 rings (SSSR count). The summed E-state index contributed by atoms with van der Waals surface area (Å²) in [5.74, 6) is 2.02. The van der Waals surface area contributed by atoms with Crippen molar-refractivity contribution >= 4 is 12.3 Å². The molecule has 0 aromatic carbocycles. The summed E-state index contributed by atoms with van der Waals surface area (Å²) in [6, 6.07) is 0. The number of carboxylic acids is 1. The average molecular weight is 318 g/mol. The Bertz CT molecular complexity index is 515. The lowest BCUT2D eigenvalue weighted by Crippen LogP contribution is -2.54. The molecule has 0 heterocycles. The minimum Gasteiger partial charge on any atom is -0.481 e. The van der Waals surface area contributed by atoms with Gasteiger partial charge in [0.25, 0.3) is 0 Å². The molecule has 4 fully saturated rings. The summed E-state index contributed by atoms with van der Waals surface area (Å²) in [6.07, 6.45) is 12.5. The minimum absolute atomic E-state index is 0.304. The van der Waals surface area contributed by atoms with Crippen molar-refractivity contribution in [1.82, 2.24) is 0 Å². The van der Waals surface area contributed by atoms with Gasteiger partial charge in [-0.15, -0.1) is 0 Å². The Hall–Kier alpha value is -0.860. The van der Waals surface area contributed by atoms with Gasteiger partial charge in [0.1, 0.15) is 6.29 Å². The molecule has 128 valence electrons. The maximum absolute atomic E-state index is 11.5. The topological polar surface area (TPSA) is 54.4 Å². The van der Waals surface area contributed by atoms with E-state index in [0.717, 1.165) is 18.8 Å². The molecule has 4 aliphatic rings.